The Balaban J connectivity index is 1.42. The van der Waals surface area contributed by atoms with E-state index in [4.69, 9.17) is 4.74 Å². The second-order valence-electron chi connectivity index (χ2n) is 8.44. The van der Waals surface area contributed by atoms with Crippen molar-refractivity contribution < 1.29 is 19.1 Å². The Hall–Kier alpha value is -4.17. The van der Waals surface area contributed by atoms with Crippen molar-refractivity contribution in [1.82, 2.24) is 14.9 Å². The highest BCUT2D eigenvalue weighted by Crippen LogP contribution is 2.30. The maximum absolute atomic E-state index is 12.6. The Kier molecular flexibility index (Phi) is 8.53. The minimum absolute atomic E-state index is 0.0781. The number of esters is 1. The highest BCUT2D eigenvalue weighted by atomic mass is 32.2. The molecule has 0 saturated carbocycles. The third kappa shape index (κ3) is 6.95. The normalized spacial score (nSPS) is 11.5. The van der Waals surface area contributed by atoms with E-state index in [9.17, 15) is 14.4 Å². The number of carbonyl (C=O) groups excluding carboxylic acids is 3. The van der Waals surface area contributed by atoms with E-state index in [2.05, 4.69) is 10.3 Å². The van der Waals surface area contributed by atoms with Gasteiger partial charge in [0.1, 0.15) is 5.75 Å². The van der Waals surface area contributed by atoms with Crippen LogP contribution in [-0.4, -0.2) is 39.0 Å². The van der Waals surface area contributed by atoms with E-state index in [0.717, 1.165) is 22.5 Å². The molecule has 0 fully saturated rings. The SMILES string of the molecule is CC(=O)NC(Cc1ccc(OC(=O)CSc2ncc(-c3ccccc3)n2-c2ccccc2)cc1)C(C)=O. The monoisotopic (exact) mass is 513 g/mol. The highest BCUT2D eigenvalue weighted by Gasteiger charge is 2.17. The van der Waals surface area contributed by atoms with Crippen molar-refractivity contribution in [3.8, 4) is 22.7 Å². The average Bonchev–Trinajstić information content (AvgIpc) is 3.33. The van der Waals surface area contributed by atoms with Crippen LogP contribution in [-0.2, 0) is 20.8 Å². The van der Waals surface area contributed by atoms with Crippen LogP contribution in [0.2, 0.25) is 0 Å². The van der Waals surface area contributed by atoms with Crippen LogP contribution in [0, 0.1) is 0 Å². The summed E-state index contributed by atoms with van der Waals surface area (Å²) in [5.74, 6) is -0.292. The van der Waals surface area contributed by atoms with E-state index in [1.165, 1.54) is 25.6 Å². The van der Waals surface area contributed by atoms with Crippen LogP contribution in [0.3, 0.4) is 0 Å². The van der Waals surface area contributed by atoms with Gasteiger partial charge in [0, 0.05) is 18.2 Å². The van der Waals surface area contributed by atoms with E-state index >= 15 is 0 Å². The molecule has 1 aromatic heterocycles. The van der Waals surface area contributed by atoms with E-state index < -0.39 is 12.0 Å². The van der Waals surface area contributed by atoms with Gasteiger partial charge in [-0.1, -0.05) is 72.4 Å². The van der Waals surface area contributed by atoms with Crippen LogP contribution in [0.15, 0.2) is 96.3 Å². The highest BCUT2D eigenvalue weighted by molar-refractivity contribution is 7.99. The first-order valence-electron chi connectivity index (χ1n) is 11.8. The molecule has 7 nitrogen and oxygen atoms in total. The van der Waals surface area contributed by atoms with Crippen molar-refractivity contribution in [2.45, 2.75) is 31.5 Å². The maximum Gasteiger partial charge on any atom is 0.321 e. The van der Waals surface area contributed by atoms with Gasteiger partial charge in [0.05, 0.1) is 23.7 Å². The number of para-hydroxylation sites is 1. The van der Waals surface area contributed by atoms with Crippen molar-refractivity contribution in [2.24, 2.45) is 0 Å². The van der Waals surface area contributed by atoms with Gasteiger partial charge in [0.15, 0.2) is 10.9 Å². The number of carbonyl (C=O) groups is 3. The van der Waals surface area contributed by atoms with Gasteiger partial charge < -0.3 is 10.1 Å². The zero-order valence-corrected chi connectivity index (χ0v) is 21.4. The lowest BCUT2D eigenvalue weighted by molar-refractivity contribution is -0.131. The molecule has 8 heteroatoms. The number of nitrogens with one attached hydrogen (secondary N) is 1. The van der Waals surface area contributed by atoms with Crippen molar-refractivity contribution in [3.63, 3.8) is 0 Å². The topological polar surface area (TPSA) is 90.3 Å². The van der Waals surface area contributed by atoms with Crippen LogP contribution in [0.4, 0.5) is 0 Å². The largest absolute Gasteiger partial charge is 0.426 e. The van der Waals surface area contributed by atoms with Crippen molar-refractivity contribution >= 4 is 29.4 Å². The van der Waals surface area contributed by atoms with E-state index in [0.29, 0.717) is 17.3 Å². The van der Waals surface area contributed by atoms with Crippen molar-refractivity contribution in [2.75, 3.05) is 5.75 Å². The predicted molar refractivity (Wildman–Crippen MR) is 144 cm³/mol. The van der Waals surface area contributed by atoms with Gasteiger partial charge >= 0.3 is 5.97 Å². The Morgan fingerprint density at radius 1 is 0.919 bits per heavy atom. The van der Waals surface area contributed by atoms with Crippen LogP contribution >= 0.6 is 11.8 Å². The van der Waals surface area contributed by atoms with Crippen molar-refractivity contribution in [1.29, 1.82) is 0 Å². The molecule has 0 aliphatic rings. The minimum atomic E-state index is -0.587. The fourth-order valence-corrected chi connectivity index (χ4v) is 4.60. The second-order valence-corrected chi connectivity index (χ2v) is 9.38. The first-order chi connectivity index (χ1) is 17.9. The minimum Gasteiger partial charge on any atom is -0.426 e. The van der Waals surface area contributed by atoms with Gasteiger partial charge in [-0.3, -0.25) is 19.0 Å². The molecular formula is C29H27N3O4S. The fourth-order valence-electron chi connectivity index (χ4n) is 3.83. The van der Waals surface area contributed by atoms with Crippen molar-refractivity contribution in [3.05, 3.63) is 96.7 Å². The molecule has 0 bridgehead atoms. The lowest BCUT2D eigenvalue weighted by Crippen LogP contribution is -2.40. The van der Waals surface area contributed by atoms with Crippen LogP contribution in [0.25, 0.3) is 16.9 Å². The summed E-state index contributed by atoms with van der Waals surface area (Å²) in [5.41, 5.74) is 3.76. The standard InChI is InChI=1S/C29H27N3O4S/c1-20(33)26(31-21(2)34)17-22-13-15-25(16-14-22)36-28(35)19-37-29-30-18-27(23-9-5-3-6-10-23)32(29)24-11-7-4-8-12-24/h3-16,18,26H,17,19H2,1-2H3,(H,31,34). The van der Waals surface area contributed by atoms with E-state index in [1.807, 2.05) is 71.4 Å². The molecule has 0 aliphatic carbocycles. The number of amides is 1. The molecule has 1 atom stereocenters. The quantitative estimate of drug-likeness (QED) is 0.185. The van der Waals surface area contributed by atoms with Crippen LogP contribution < -0.4 is 10.1 Å². The Bertz CT molecular complexity index is 1370. The van der Waals surface area contributed by atoms with Gasteiger partial charge in [0.25, 0.3) is 0 Å². The molecule has 188 valence electrons. The summed E-state index contributed by atoms with van der Waals surface area (Å²) >= 11 is 1.30. The molecule has 3 aromatic carbocycles. The average molecular weight is 514 g/mol. The van der Waals surface area contributed by atoms with E-state index in [1.54, 1.807) is 24.3 Å². The summed E-state index contributed by atoms with van der Waals surface area (Å²) in [6.07, 6.45) is 2.18. The number of imidazole rings is 1. The number of ether oxygens (including phenoxy) is 1. The zero-order chi connectivity index (χ0) is 26.2. The molecule has 1 amide bonds. The van der Waals surface area contributed by atoms with Gasteiger partial charge in [-0.25, -0.2) is 4.98 Å². The summed E-state index contributed by atoms with van der Waals surface area (Å²) < 4.78 is 7.54. The number of hydrogen-bond donors (Lipinski definition) is 1. The number of rotatable bonds is 10. The Morgan fingerprint density at radius 2 is 1.57 bits per heavy atom. The number of aromatic nitrogens is 2. The van der Waals surface area contributed by atoms with E-state index in [-0.39, 0.29) is 17.4 Å². The molecule has 37 heavy (non-hydrogen) atoms. The number of Topliss-reactive ketones (excluding diaryl/α,β-unsaturated/α-hetero) is 1. The van der Waals surface area contributed by atoms with Gasteiger partial charge in [-0.05, 0) is 43.2 Å². The van der Waals surface area contributed by atoms with Gasteiger partial charge in [-0.15, -0.1) is 0 Å². The number of hydrogen-bond acceptors (Lipinski definition) is 6. The molecule has 1 N–H and O–H groups in total. The summed E-state index contributed by atoms with van der Waals surface area (Å²) in [6.45, 7) is 2.82. The Morgan fingerprint density at radius 3 is 2.19 bits per heavy atom. The second kappa shape index (κ2) is 12.2. The Labute approximate surface area is 219 Å². The molecule has 0 radical (unpaired) electrons. The van der Waals surface area contributed by atoms with Crippen LogP contribution in [0.5, 0.6) is 5.75 Å². The maximum atomic E-state index is 12.6. The first-order valence-corrected chi connectivity index (χ1v) is 12.8. The van der Waals surface area contributed by atoms with Crippen LogP contribution in [0.1, 0.15) is 19.4 Å². The predicted octanol–water partition coefficient (Wildman–Crippen LogP) is 4.87. The summed E-state index contributed by atoms with van der Waals surface area (Å²) in [5, 5.41) is 3.34. The van der Waals surface area contributed by atoms with Gasteiger partial charge in [0.2, 0.25) is 5.91 Å². The molecule has 4 rings (SSSR count). The number of benzene rings is 3. The lowest BCUT2D eigenvalue weighted by Gasteiger charge is -2.15. The molecule has 0 saturated heterocycles. The molecule has 0 aliphatic heterocycles. The van der Waals surface area contributed by atoms with Gasteiger partial charge in [-0.2, -0.15) is 0 Å². The molecular weight excluding hydrogens is 486 g/mol. The smallest absolute Gasteiger partial charge is 0.321 e. The lowest BCUT2D eigenvalue weighted by atomic mass is 10.0. The number of ketones is 1. The molecule has 4 aromatic rings. The third-order valence-electron chi connectivity index (χ3n) is 5.60. The molecule has 1 heterocycles. The number of nitrogens with zero attached hydrogens (tertiary/aromatic N) is 2. The third-order valence-corrected chi connectivity index (χ3v) is 6.52. The number of thioether (sulfide) groups is 1. The summed E-state index contributed by atoms with van der Waals surface area (Å²) in [7, 11) is 0. The first kappa shape index (κ1) is 25.9. The molecule has 0 spiro atoms. The summed E-state index contributed by atoms with van der Waals surface area (Å²) in [4.78, 5) is 40.3. The molecule has 1 unspecified atom stereocenters. The summed E-state index contributed by atoms with van der Waals surface area (Å²) in [6, 6.07) is 26.2. The zero-order valence-electron chi connectivity index (χ0n) is 20.6. The fraction of sp³-hybridized carbons (Fsp3) is 0.172.